The molecular formula is C13H16N2O5S. The highest BCUT2D eigenvalue weighted by molar-refractivity contribution is 7.84. The molecule has 0 spiro atoms. The first-order valence-electron chi connectivity index (χ1n) is 6.04. The second-order valence-electron chi connectivity index (χ2n) is 4.36. The monoisotopic (exact) mass is 312 g/mol. The summed E-state index contributed by atoms with van der Waals surface area (Å²) in [5.41, 5.74) is 5.95. The molecule has 1 aromatic carbocycles. The number of benzene rings is 1. The summed E-state index contributed by atoms with van der Waals surface area (Å²) in [6.45, 7) is 1.18. The number of aliphatic carboxylic acids is 1. The maximum atomic E-state index is 12.0. The van der Waals surface area contributed by atoms with E-state index in [0.29, 0.717) is 5.56 Å². The number of hydrogen-bond donors (Lipinski definition) is 3. The highest BCUT2D eigenvalue weighted by Crippen LogP contribution is 2.11. The van der Waals surface area contributed by atoms with Gasteiger partial charge < -0.3 is 16.2 Å². The lowest BCUT2D eigenvalue weighted by molar-refractivity contribution is -0.140. The number of carboxylic acid groups (broad SMARTS) is 1. The second-order valence-corrected chi connectivity index (χ2v) is 5.87. The Bertz CT molecular complexity index is 588. The van der Waals surface area contributed by atoms with Crippen LogP contribution in [0, 0.1) is 0 Å². The summed E-state index contributed by atoms with van der Waals surface area (Å²) >= 11 is 0. The lowest BCUT2D eigenvalue weighted by Gasteiger charge is -2.13. The summed E-state index contributed by atoms with van der Waals surface area (Å²) < 4.78 is 12.0. The summed E-state index contributed by atoms with van der Waals surface area (Å²) in [7, 11) is -1.57. The molecule has 7 nitrogen and oxygen atoms in total. The smallest absolute Gasteiger partial charge is 0.327 e. The molecule has 4 N–H and O–H groups in total. The molecule has 2 amide bonds. The predicted octanol–water partition coefficient (Wildman–Crippen LogP) is -0.377. The van der Waals surface area contributed by atoms with Crippen molar-refractivity contribution in [1.82, 2.24) is 5.32 Å². The summed E-state index contributed by atoms with van der Waals surface area (Å²) in [6, 6.07) is 5.18. The molecule has 0 aliphatic rings. The molecule has 2 unspecified atom stereocenters. The van der Waals surface area contributed by atoms with Crippen molar-refractivity contribution in [3.8, 4) is 0 Å². The van der Waals surface area contributed by atoms with Crippen molar-refractivity contribution < 1.29 is 23.7 Å². The van der Waals surface area contributed by atoms with Crippen LogP contribution in [0.4, 0.5) is 0 Å². The minimum Gasteiger partial charge on any atom is -0.480 e. The third-order valence-electron chi connectivity index (χ3n) is 2.63. The minimum atomic E-state index is -1.57. The van der Waals surface area contributed by atoms with Crippen LogP contribution in [0.25, 0.3) is 0 Å². The number of rotatable bonds is 7. The van der Waals surface area contributed by atoms with Crippen molar-refractivity contribution in [2.24, 2.45) is 5.73 Å². The van der Waals surface area contributed by atoms with Crippen LogP contribution in [-0.2, 0) is 26.1 Å². The molecule has 0 saturated heterocycles. The highest BCUT2D eigenvalue weighted by Gasteiger charge is 2.22. The van der Waals surface area contributed by atoms with Gasteiger partial charge in [-0.2, -0.15) is 0 Å². The maximum Gasteiger partial charge on any atom is 0.327 e. The van der Waals surface area contributed by atoms with Gasteiger partial charge in [0.05, 0.1) is 5.75 Å². The third kappa shape index (κ3) is 5.35. The molecule has 0 heterocycles. The average molecular weight is 312 g/mol. The maximum absolute atomic E-state index is 12.0. The van der Waals surface area contributed by atoms with Gasteiger partial charge in [-0.25, -0.2) is 4.79 Å². The zero-order chi connectivity index (χ0) is 16.0. The van der Waals surface area contributed by atoms with Gasteiger partial charge in [-0.1, -0.05) is 18.2 Å². The molecule has 0 aliphatic carbocycles. The quantitative estimate of drug-likeness (QED) is 0.633. The fraction of sp³-hybridized carbons (Fsp3) is 0.308. The van der Waals surface area contributed by atoms with E-state index in [2.05, 4.69) is 5.32 Å². The van der Waals surface area contributed by atoms with Crippen LogP contribution in [0.1, 0.15) is 22.8 Å². The number of amides is 2. The van der Waals surface area contributed by atoms with E-state index in [4.69, 9.17) is 10.8 Å². The van der Waals surface area contributed by atoms with Crippen LogP contribution >= 0.6 is 0 Å². The molecule has 1 rings (SSSR count). The topological polar surface area (TPSA) is 127 Å². The van der Waals surface area contributed by atoms with Crippen LogP contribution in [0.5, 0.6) is 0 Å². The zero-order valence-corrected chi connectivity index (χ0v) is 12.2. The fourth-order valence-corrected chi connectivity index (χ4v) is 3.04. The van der Waals surface area contributed by atoms with Gasteiger partial charge in [-0.15, -0.1) is 0 Å². The van der Waals surface area contributed by atoms with Crippen LogP contribution < -0.4 is 11.1 Å². The summed E-state index contributed by atoms with van der Waals surface area (Å²) in [5, 5.41) is 11.2. The number of carboxylic acids is 1. The van der Waals surface area contributed by atoms with Crippen LogP contribution in [0.2, 0.25) is 0 Å². The van der Waals surface area contributed by atoms with Crippen molar-refractivity contribution >= 4 is 28.6 Å². The predicted molar refractivity (Wildman–Crippen MR) is 76.9 cm³/mol. The standard InChI is InChI=1S/C13H16N2O5S/c1-8(16)15-11(13(18)19)7-21(20)6-9-4-2-3-5-10(9)12(14)17/h2-5,11H,6-7H2,1H3,(H2,14,17)(H,15,16)(H,18,19). The SMILES string of the molecule is CC(=O)NC(CS(=O)Cc1ccccc1C(N)=O)C(=O)O. The Hall–Kier alpha value is -2.22. The highest BCUT2D eigenvalue weighted by atomic mass is 32.2. The van der Waals surface area contributed by atoms with E-state index < -0.39 is 34.6 Å². The van der Waals surface area contributed by atoms with E-state index >= 15 is 0 Å². The van der Waals surface area contributed by atoms with Gasteiger partial charge in [0, 0.05) is 29.0 Å². The van der Waals surface area contributed by atoms with Gasteiger partial charge in [-0.05, 0) is 11.6 Å². The van der Waals surface area contributed by atoms with Gasteiger partial charge in [0.25, 0.3) is 0 Å². The molecule has 1 aromatic rings. The molecule has 8 heteroatoms. The van der Waals surface area contributed by atoms with Crippen LogP contribution in [0.3, 0.4) is 0 Å². The summed E-state index contributed by atoms with van der Waals surface area (Å²) in [5.74, 6) is -2.68. The third-order valence-corrected chi connectivity index (χ3v) is 3.97. The van der Waals surface area contributed by atoms with Crippen molar-refractivity contribution in [2.45, 2.75) is 18.7 Å². The molecule has 0 radical (unpaired) electrons. The van der Waals surface area contributed by atoms with E-state index in [1.807, 2.05) is 0 Å². The molecule has 0 saturated carbocycles. The molecule has 2 atom stereocenters. The number of carbonyl (C=O) groups is 3. The Morgan fingerprint density at radius 3 is 2.48 bits per heavy atom. The zero-order valence-electron chi connectivity index (χ0n) is 11.4. The van der Waals surface area contributed by atoms with Crippen LogP contribution in [0.15, 0.2) is 24.3 Å². The van der Waals surface area contributed by atoms with E-state index in [-0.39, 0.29) is 17.1 Å². The minimum absolute atomic E-state index is 0.0114. The first kappa shape index (κ1) is 16.8. The van der Waals surface area contributed by atoms with Crippen molar-refractivity contribution in [2.75, 3.05) is 5.75 Å². The number of nitrogens with one attached hydrogen (secondary N) is 1. The molecule has 114 valence electrons. The van der Waals surface area contributed by atoms with E-state index in [0.717, 1.165) is 0 Å². The molecule has 0 fully saturated rings. The second kappa shape index (κ2) is 7.53. The summed E-state index contributed by atoms with van der Waals surface area (Å²) in [4.78, 5) is 33.1. The van der Waals surface area contributed by atoms with E-state index in [1.54, 1.807) is 18.2 Å². The van der Waals surface area contributed by atoms with Gasteiger partial charge in [0.2, 0.25) is 11.8 Å². The fourth-order valence-electron chi connectivity index (χ4n) is 1.72. The molecule has 0 aliphatic heterocycles. The van der Waals surface area contributed by atoms with Gasteiger partial charge in [-0.3, -0.25) is 13.8 Å². The first-order valence-corrected chi connectivity index (χ1v) is 7.52. The Kier molecular flexibility index (Phi) is 6.04. The van der Waals surface area contributed by atoms with Crippen molar-refractivity contribution in [3.63, 3.8) is 0 Å². The first-order chi connectivity index (χ1) is 9.81. The average Bonchev–Trinajstić information content (AvgIpc) is 2.37. The molecule has 0 bridgehead atoms. The Balaban J connectivity index is 2.79. The van der Waals surface area contributed by atoms with Crippen molar-refractivity contribution in [3.05, 3.63) is 35.4 Å². The van der Waals surface area contributed by atoms with Gasteiger partial charge in [0.1, 0.15) is 6.04 Å². The van der Waals surface area contributed by atoms with E-state index in [9.17, 15) is 18.6 Å². The van der Waals surface area contributed by atoms with Gasteiger partial charge >= 0.3 is 5.97 Å². The summed E-state index contributed by atoms with van der Waals surface area (Å²) in [6.07, 6.45) is 0. The van der Waals surface area contributed by atoms with Crippen LogP contribution in [-0.4, -0.2) is 38.9 Å². The number of primary amides is 1. The van der Waals surface area contributed by atoms with Gasteiger partial charge in [0.15, 0.2) is 0 Å². The molecule has 21 heavy (non-hydrogen) atoms. The normalized spacial score (nSPS) is 13.2. The number of carbonyl (C=O) groups excluding carboxylic acids is 2. The number of nitrogens with two attached hydrogens (primary N) is 1. The Labute approximate surface area is 124 Å². The van der Waals surface area contributed by atoms with Crippen molar-refractivity contribution in [1.29, 1.82) is 0 Å². The largest absolute Gasteiger partial charge is 0.480 e. The Morgan fingerprint density at radius 1 is 1.33 bits per heavy atom. The Morgan fingerprint density at radius 2 is 1.95 bits per heavy atom. The lowest BCUT2D eigenvalue weighted by atomic mass is 10.1. The lowest BCUT2D eigenvalue weighted by Crippen LogP contribution is -2.43. The van der Waals surface area contributed by atoms with E-state index in [1.165, 1.54) is 13.0 Å². The number of hydrogen-bond acceptors (Lipinski definition) is 4. The molecular weight excluding hydrogens is 296 g/mol. The molecule has 0 aromatic heterocycles.